The Morgan fingerprint density at radius 2 is 0.962 bits per heavy atom. The lowest BCUT2D eigenvalue weighted by Gasteiger charge is -2.04. The smallest absolute Gasteiger partial charge is 0.00861 e. The van der Waals surface area contributed by atoms with E-state index in [0.717, 1.165) is 5.56 Å². The zero-order valence-electron chi connectivity index (χ0n) is 17.3. The molecule has 0 atom stereocenters. The number of thiocarbonyl (C=S) groups is 1. The average molecular weight is 375 g/mol. The molecule has 0 heterocycles. The Balaban J connectivity index is 1.77. The molecule has 1 aromatic rings. The summed E-state index contributed by atoms with van der Waals surface area (Å²) >= 11 is 4.95. The van der Waals surface area contributed by atoms with E-state index in [1.54, 1.807) is 5.37 Å². The second-order valence-electron chi connectivity index (χ2n) is 7.91. The van der Waals surface area contributed by atoms with Gasteiger partial charge in [0.1, 0.15) is 0 Å². The van der Waals surface area contributed by atoms with Crippen LogP contribution in [0, 0.1) is 0 Å². The first-order valence-corrected chi connectivity index (χ1v) is 11.9. The van der Waals surface area contributed by atoms with Gasteiger partial charge in [0, 0.05) is 5.37 Å². The lowest BCUT2D eigenvalue weighted by molar-refractivity contribution is 0.529. The summed E-state index contributed by atoms with van der Waals surface area (Å²) in [5, 5.41) is 1.75. The molecule has 0 saturated heterocycles. The summed E-state index contributed by atoms with van der Waals surface area (Å²) in [5.74, 6) is 0. The number of hydrogen-bond acceptors (Lipinski definition) is 1. The van der Waals surface area contributed by atoms with Gasteiger partial charge in [-0.25, -0.2) is 0 Å². The summed E-state index contributed by atoms with van der Waals surface area (Å²) in [7, 11) is 0. The zero-order chi connectivity index (χ0) is 18.7. The maximum absolute atomic E-state index is 4.95. The minimum atomic E-state index is 1.15. The Morgan fingerprint density at radius 3 is 1.35 bits per heavy atom. The van der Waals surface area contributed by atoms with Crippen LogP contribution in [-0.4, -0.2) is 5.37 Å². The van der Waals surface area contributed by atoms with E-state index in [1.165, 1.54) is 115 Å². The zero-order valence-corrected chi connectivity index (χ0v) is 18.1. The van der Waals surface area contributed by atoms with E-state index in [9.17, 15) is 0 Å². The predicted molar refractivity (Wildman–Crippen MR) is 122 cm³/mol. The van der Waals surface area contributed by atoms with Crippen molar-refractivity contribution < 1.29 is 0 Å². The van der Waals surface area contributed by atoms with Gasteiger partial charge in [-0.15, -0.1) is 0 Å². The van der Waals surface area contributed by atoms with Gasteiger partial charge in [0.15, 0.2) is 0 Å². The van der Waals surface area contributed by atoms with Crippen molar-refractivity contribution in [3.8, 4) is 0 Å². The Bertz CT molecular complexity index is 420. The number of unbranched alkanes of at least 4 members (excludes halogenated alkanes) is 15. The third-order valence-electron chi connectivity index (χ3n) is 5.43. The van der Waals surface area contributed by atoms with E-state index in [1.807, 2.05) is 0 Å². The Kier molecular flexibility index (Phi) is 15.9. The van der Waals surface area contributed by atoms with Gasteiger partial charge in [0.2, 0.25) is 0 Å². The van der Waals surface area contributed by atoms with Crippen LogP contribution in [0.15, 0.2) is 24.3 Å². The van der Waals surface area contributed by atoms with Crippen molar-refractivity contribution in [2.75, 3.05) is 0 Å². The van der Waals surface area contributed by atoms with E-state index in [0.29, 0.717) is 0 Å². The Hall–Kier alpha value is -0.690. The molecule has 1 heteroatoms. The summed E-state index contributed by atoms with van der Waals surface area (Å²) < 4.78 is 0. The third kappa shape index (κ3) is 13.5. The molecule has 26 heavy (non-hydrogen) atoms. The van der Waals surface area contributed by atoms with Crippen LogP contribution in [0.1, 0.15) is 121 Å². The van der Waals surface area contributed by atoms with Gasteiger partial charge < -0.3 is 0 Å². The molecule has 0 aromatic heterocycles. The second kappa shape index (κ2) is 17.7. The highest BCUT2D eigenvalue weighted by molar-refractivity contribution is 7.79. The van der Waals surface area contributed by atoms with Gasteiger partial charge in [-0.1, -0.05) is 140 Å². The number of hydrogen-bond donors (Lipinski definition) is 0. The monoisotopic (exact) mass is 374 g/mol. The molecule has 0 saturated carbocycles. The molecule has 0 unspecified atom stereocenters. The molecule has 0 bridgehead atoms. The topological polar surface area (TPSA) is 0 Å². The minimum Gasteiger partial charge on any atom is -0.0881 e. The van der Waals surface area contributed by atoms with Gasteiger partial charge in [-0.2, -0.15) is 0 Å². The third-order valence-corrected chi connectivity index (χ3v) is 5.71. The van der Waals surface area contributed by atoms with Crippen molar-refractivity contribution in [2.45, 2.75) is 116 Å². The van der Waals surface area contributed by atoms with Gasteiger partial charge in [-0.3, -0.25) is 0 Å². The van der Waals surface area contributed by atoms with Crippen LogP contribution in [0.3, 0.4) is 0 Å². The standard InChI is InChI=1S/C25H42S/c1-2-3-4-5-6-7-8-9-10-11-12-13-14-15-16-17-18-24-19-21-25(23-26)22-20-24/h19-23H,2-18H2,1H3. The summed E-state index contributed by atoms with van der Waals surface area (Å²) in [5.41, 5.74) is 2.60. The fraction of sp³-hybridized carbons (Fsp3) is 0.720. The quantitative estimate of drug-likeness (QED) is 0.183. The first kappa shape index (κ1) is 23.3. The lowest BCUT2D eigenvalue weighted by atomic mass is 10.0. The van der Waals surface area contributed by atoms with Crippen LogP contribution in [0.5, 0.6) is 0 Å². The molecular formula is C25H42S. The van der Waals surface area contributed by atoms with Crippen molar-refractivity contribution in [2.24, 2.45) is 0 Å². The molecule has 0 spiro atoms. The highest BCUT2D eigenvalue weighted by atomic mass is 32.1. The maximum Gasteiger partial charge on any atom is 0.00861 e. The molecule has 0 radical (unpaired) electrons. The van der Waals surface area contributed by atoms with Crippen molar-refractivity contribution in [3.05, 3.63) is 35.4 Å². The first-order valence-electron chi connectivity index (χ1n) is 11.4. The van der Waals surface area contributed by atoms with E-state index >= 15 is 0 Å². The summed E-state index contributed by atoms with van der Waals surface area (Å²) in [6, 6.07) is 8.72. The van der Waals surface area contributed by atoms with Gasteiger partial charge in [0.05, 0.1) is 0 Å². The molecule has 148 valence electrons. The van der Waals surface area contributed by atoms with Crippen LogP contribution in [-0.2, 0) is 6.42 Å². The van der Waals surface area contributed by atoms with Crippen LogP contribution >= 0.6 is 12.2 Å². The van der Waals surface area contributed by atoms with E-state index in [2.05, 4.69) is 31.2 Å². The highest BCUT2D eigenvalue weighted by Gasteiger charge is 1.96. The van der Waals surface area contributed by atoms with Gasteiger partial charge in [-0.05, 0) is 24.0 Å². The van der Waals surface area contributed by atoms with Crippen LogP contribution in [0.4, 0.5) is 0 Å². The molecule has 0 amide bonds. The average Bonchev–Trinajstić information content (AvgIpc) is 2.68. The number of benzene rings is 1. The summed E-state index contributed by atoms with van der Waals surface area (Å²) in [4.78, 5) is 0. The second-order valence-corrected chi connectivity index (χ2v) is 8.15. The van der Waals surface area contributed by atoms with Crippen molar-refractivity contribution in [3.63, 3.8) is 0 Å². The molecule has 0 aliphatic rings. The van der Waals surface area contributed by atoms with Crippen LogP contribution in [0.25, 0.3) is 0 Å². The number of rotatable bonds is 18. The number of aryl methyl sites for hydroxylation is 1. The summed E-state index contributed by atoms with van der Waals surface area (Å²) in [6.45, 7) is 2.29. The van der Waals surface area contributed by atoms with Gasteiger partial charge >= 0.3 is 0 Å². The van der Waals surface area contributed by atoms with E-state index < -0.39 is 0 Å². The molecule has 0 aliphatic carbocycles. The molecule has 1 aromatic carbocycles. The molecule has 0 fully saturated rings. The molecule has 1 rings (SSSR count). The molecular weight excluding hydrogens is 332 g/mol. The fourth-order valence-electron chi connectivity index (χ4n) is 3.64. The Morgan fingerprint density at radius 1 is 0.577 bits per heavy atom. The van der Waals surface area contributed by atoms with Crippen molar-refractivity contribution >= 4 is 17.6 Å². The largest absolute Gasteiger partial charge is 0.0881 e. The fourth-order valence-corrected chi connectivity index (χ4v) is 3.80. The lowest BCUT2D eigenvalue weighted by Crippen LogP contribution is -1.88. The van der Waals surface area contributed by atoms with Gasteiger partial charge in [0.25, 0.3) is 0 Å². The van der Waals surface area contributed by atoms with Crippen LogP contribution in [0.2, 0.25) is 0 Å². The normalized spacial score (nSPS) is 11.0. The minimum absolute atomic E-state index is 1.15. The van der Waals surface area contributed by atoms with Crippen LogP contribution < -0.4 is 0 Å². The SMILES string of the molecule is CCCCCCCCCCCCCCCCCCc1ccc(C=S)cc1. The summed E-state index contributed by atoms with van der Waals surface area (Å²) in [6.07, 6.45) is 24.2. The Labute approximate surface area is 169 Å². The predicted octanol–water partition coefficient (Wildman–Crippen LogP) is 8.84. The maximum atomic E-state index is 4.95. The highest BCUT2D eigenvalue weighted by Crippen LogP contribution is 2.14. The van der Waals surface area contributed by atoms with Crippen molar-refractivity contribution in [1.82, 2.24) is 0 Å². The molecule has 0 aliphatic heterocycles. The first-order chi connectivity index (χ1) is 12.9. The molecule has 0 N–H and O–H groups in total. The van der Waals surface area contributed by atoms with E-state index in [-0.39, 0.29) is 0 Å². The molecule has 0 nitrogen and oxygen atoms in total. The van der Waals surface area contributed by atoms with Crippen molar-refractivity contribution in [1.29, 1.82) is 0 Å². The van der Waals surface area contributed by atoms with E-state index in [4.69, 9.17) is 12.2 Å².